The third-order valence-corrected chi connectivity index (χ3v) is 10.9. The first kappa shape index (κ1) is 38.3. The number of anilines is 1. The van der Waals surface area contributed by atoms with Crippen LogP contribution in [0.1, 0.15) is 72.4 Å². The fourth-order valence-electron chi connectivity index (χ4n) is 7.38. The second-order valence-electron chi connectivity index (χ2n) is 14.1. The lowest BCUT2D eigenvalue weighted by Gasteiger charge is -2.30. The molecule has 0 unspecified atom stereocenters. The van der Waals surface area contributed by atoms with Crippen LogP contribution < -0.4 is 30.7 Å². The van der Waals surface area contributed by atoms with Gasteiger partial charge in [0.15, 0.2) is 0 Å². The number of rotatable bonds is 14. The monoisotopic (exact) mass is 779 g/mol. The molecule has 0 radical (unpaired) electrons. The van der Waals surface area contributed by atoms with E-state index in [0.717, 1.165) is 34.7 Å². The Morgan fingerprint density at radius 2 is 1.80 bits per heavy atom. The van der Waals surface area contributed by atoms with Crippen molar-refractivity contribution >= 4 is 29.3 Å². The summed E-state index contributed by atoms with van der Waals surface area (Å²) in [6.45, 7) is 0.966. The predicted octanol–water partition coefficient (Wildman–Crippen LogP) is 6.46. The maximum atomic E-state index is 14.5. The number of methoxy groups -OCH3 is 2. The summed E-state index contributed by atoms with van der Waals surface area (Å²) < 4.78 is 54.7. The number of pyridine rings is 3. The lowest BCUT2D eigenvalue weighted by molar-refractivity contribution is -0.141. The minimum absolute atomic E-state index is 0.0321. The maximum absolute atomic E-state index is 14.5. The van der Waals surface area contributed by atoms with E-state index in [2.05, 4.69) is 31.2 Å². The molecule has 2 fully saturated rings. The Balaban J connectivity index is 1.15. The zero-order valence-corrected chi connectivity index (χ0v) is 31.0. The molecule has 290 valence electrons. The number of benzene rings is 1. The number of carbonyl (C=O) groups excluding carboxylic acids is 1. The summed E-state index contributed by atoms with van der Waals surface area (Å²) in [7, 11) is 2.87. The average molecular weight is 780 g/mol. The van der Waals surface area contributed by atoms with Crippen LogP contribution in [0.4, 0.5) is 19.0 Å². The molecule has 0 spiro atoms. The molecule has 1 saturated carbocycles. The highest BCUT2D eigenvalue weighted by atomic mass is 35.5. The zero-order valence-electron chi connectivity index (χ0n) is 30.3. The first-order valence-electron chi connectivity index (χ1n) is 18.1. The van der Waals surface area contributed by atoms with Gasteiger partial charge in [0.1, 0.15) is 11.4 Å². The van der Waals surface area contributed by atoms with Gasteiger partial charge in [-0.05, 0) is 67.9 Å². The van der Waals surface area contributed by atoms with Gasteiger partial charge in [-0.25, -0.2) is 4.98 Å². The van der Waals surface area contributed by atoms with Crippen LogP contribution in [0.5, 0.6) is 11.8 Å². The molecule has 55 heavy (non-hydrogen) atoms. The van der Waals surface area contributed by atoms with Crippen molar-refractivity contribution in [3.63, 3.8) is 0 Å². The van der Waals surface area contributed by atoms with Crippen molar-refractivity contribution in [2.24, 2.45) is 0 Å². The predicted molar refractivity (Wildman–Crippen MR) is 199 cm³/mol. The van der Waals surface area contributed by atoms with E-state index in [1.807, 2.05) is 30.3 Å². The quantitative estimate of drug-likeness (QED) is 0.0957. The smallest absolute Gasteiger partial charge is 0.419 e. The largest absolute Gasteiger partial charge is 0.481 e. The Bertz CT molecular complexity index is 2110. The molecule has 1 aliphatic heterocycles. The summed E-state index contributed by atoms with van der Waals surface area (Å²) in [6, 6.07) is 11.7. The van der Waals surface area contributed by atoms with Gasteiger partial charge in [0.25, 0.3) is 0 Å². The van der Waals surface area contributed by atoms with Crippen molar-refractivity contribution in [2.75, 3.05) is 26.1 Å². The molecule has 0 bridgehead atoms. The van der Waals surface area contributed by atoms with Crippen molar-refractivity contribution < 1.29 is 37.3 Å². The lowest BCUT2D eigenvalue weighted by atomic mass is 9.83. The van der Waals surface area contributed by atoms with Crippen LogP contribution in [0.15, 0.2) is 48.7 Å². The normalized spacial score (nSPS) is 18.7. The number of aromatic nitrogens is 3. The number of hydrogen-bond acceptors (Lipinski definition) is 10. The van der Waals surface area contributed by atoms with Crippen LogP contribution in [0.25, 0.3) is 22.5 Å². The Hall–Kier alpha value is -4.99. The number of fused-ring (bicyclic) bond motifs is 1. The lowest BCUT2D eigenvalue weighted by Crippen LogP contribution is -2.38. The number of alkyl halides is 3. The molecule has 2 aliphatic carbocycles. The summed E-state index contributed by atoms with van der Waals surface area (Å²) in [6.07, 6.45) is 0.882. The molecule has 5 N–H and O–H groups in total. The van der Waals surface area contributed by atoms with Gasteiger partial charge in [-0.1, -0.05) is 35.9 Å². The number of aliphatic carboxylic acids is 1. The first-order valence-corrected chi connectivity index (χ1v) is 18.5. The highest BCUT2D eigenvalue weighted by molar-refractivity contribution is 6.35. The molecule has 16 heteroatoms. The van der Waals surface area contributed by atoms with Crippen LogP contribution >= 0.6 is 11.6 Å². The van der Waals surface area contributed by atoms with Gasteiger partial charge >= 0.3 is 12.1 Å². The van der Waals surface area contributed by atoms with Crippen LogP contribution in [-0.4, -0.2) is 64.3 Å². The van der Waals surface area contributed by atoms with E-state index in [9.17, 15) is 27.9 Å². The van der Waals surface area contributed by atoms with Gasteiger partial charge < -0.3 is 30.5 Å². The number of hydrogen-bond donors (Lipinski definition) is 5. The number of carboxylic acid groups (broad SMARTS) is 1. The number of carbonyl (C=O) groups is 2. The molecule has 4 heterocycles. The van der Waals surface area contributed by atoms with E-state index in [4.69, 9.17) is 26.1 Å². The van der Waals surface area contributed by atoms with Crippen LogP contribution in [0.3, 0.4) is 0 Å². The third-order valence-electron chi connectivity index (χ3n) is 10.5. The van der Waals surface area contributed by atoms with Gasteiger partial charge in [-0.3, -0.25) is 19.9 Å². The number of nitrogens with one attached hydrogen (secondary N) is 4. The average Bonchev–Trinajstić information content (AvgIpc) is 3.86. The molecule has 1 saturated heterocycles. The number of carboxylic acids is 1. The Morgan fingerprint density at radius 1 is 1.02 bits per heavy atom. The Kier molecular flexibility index (Phi) is 10.9. The molecular formula is C39H41ClF3N7O5. The molecule has 12 nitrogen and oxygen atoms in total. The number of halogens is 4. The minimum atomic E-state index is -4.75. The highest BCUT2D eigenvalue weighted by Crippen LogP contribution is 2.44. The van der Waals surface area contributed by atoms with Gasteiger partial charge in [-0.15, -0.1) is 0 Å². The maximum Gasteiger partial charge on any atom is 0.419 e. The van der Waals surface area contributed by atoms with E-state index in [1.165, 1.54) is 7.11 Å². The SMILES string of the molecule is COc1nc(-c2ccnc(-c3cccc4c3CCC[C@@H]4Nc3nc(OC)c(CNC4(C(=O)O)CC4)cc3C(F)(F)F)c2Cl)ccc1CNC[C@H]1CCC(=O)N1. The fraction of sp³-hybridized carbons (Fsp3) is 0.410. The molecule has 4 aromatic rings. The van der Waals surface area contributed by atoms with E-state index < -0.39 is 29.3 Å². The summed E-state index contributed by atoms with van der Waals surface area (Å²) in [5.41, 5.74) is 3.03. The molecule has 7 rings (SSSR count). The summed E-state index contributed by atoms with van der Waals surface area (Å²) in [5.74, 6) is -0.960. The summed E-state index contributed by atoms with van der Waals surface area (Å²) >= 11 is 7.09. The van der Waals surface area contributed by atoms with Gasteiger partial charge in [0.05, 0.1) is 42.2 Å². The Morgan fingerprint density at radius 3 is 2.49 bits per heavy atom. The molecule has 3 aliphatic rings. The zero-order chi connectivity index (χ0) is 38.9. The Labute approximate surface area is 320 Å². The number of nitrogens with zero attached hydrogens (tertiary/aromatic N) is 3. The topological polar surface area (TPSA) is 160 Å². The van der Waals surface area contributed by atoms with Crippen LogP contribution in [0.2, 0.25) is 5.02 Å². The van der Waals surface area contributed by atoms with E-state index in [0.29, 0.717) is 79.5 Å². The molecule has 2 atom stereocenters. The molecule has 1 aromatic carbocycles. The fourth-order valence-corrected chi connectivity index (χ4v) is 7.69. The van der Waals surface area contributed by atoms with Crippen molar-refractivity contribution in [3.05, 3.63) is 81.5 Å². The molecule has 1 amide bonds. The molecular weight excluding hydrogens is 739 g/mol. The van der Waals surface area contributed by atoms with E-state index in [1.54, 1.807) is 19.4 Å². The van der Waals surface area contributed by atoms with Crippen LogP contribution in [-0.2, 0) is 35.3 Å². The molecule has 3 aromatic heterocycles. The van der Waals surface area contributed by atoms with E-state index >= 15 is 0 Å². The summed E-state index contributed by atoms with van der Waals surface area (Å²) in [4.78, 5) is 36.9. The standard InChI is InChI=1S/C39H41ClF3N7O5/c1-54-35-21(18-44-20-23-10-12-31(51)47-23)9-11-30(49-35)27-13-16-45-33(32(27)40)26-7-3-6-25-24(26)5-4-8-29(25)48-34-28(39(41,42)43)17-22(36(50-34)55-2)19-46-38(14-15-38)37(52)53/h3,6-7,9,11,13,16-17,23,29,44,46H,4-5,8,10,12,14-15,18-20H2,1-2H3,(H,47,51)(H,48,50)(H,52,53)/t23-,29+/m1/s1. The third kappa shape index (κ3) is 8.05. The van der Waals surface area contributed by atoms with Crippen molar-refractivity contribution in [3.8, 4) is 34.3 Å². The second kappa shape index (κ2) is 15.6. The van der Waals surface area contributed by atoms with Crippen molar-refractivity contribution in [1.82, 2.24) is 30.9 Å². The van der Waals surface area contributed by atoms with E-state index in [-0.39, 0.29) is 35.8 Å². The first-order chi connectivity index (χ1) is 26.4. The number of amides is 1. The van der Waals surface area contributed by atoms with Crippen molar-refractivity contribution in [2.45, 2.75) is 81.8 Å². The van der Waals surface area contributed by atoms with Gasteiger partial charge in [0.2, 0.25) is 17.7 Å². The van der Waals surface area contributed by atoms with Crippen LogP contribution in [0, 0.1) is 0 Å². The summed E-state index contributed by atoms with van der Waals surface area (Å²) in [5, 5.41) is 22.1. The number of ether oxygens (including phenoxy) is 2. The van der Waals surface area contributed by atoms with Gasteiger partial charge in [0, 0.05) is 60.5 Å². The van der Waals surface area contributed by atoms with Gasteiger partial charge in [-0.2, -0.15) is 18.2 Å². The van der Waals surface area contributed by atoms with Crippen molar-refractivity contribution in [1.29, 1.82) is 0 Å². The highest BCUT2D eigenvalue weighted by Gasteiger charge is 2.50. The second-order valence-corrected chi connectivity index (χ2v) is 14.5. The minimum Gasteiger partial charge on any atom is -0.481 e.